The monoisotopic (exact) mass is 412 g/mol. The Bertz CT molecular complexity index is 1060. The van der Waals surface area contributed by atoms with Crippen molar-refractivity contribution in [1.29, 1.82) is 0 Å². The van der Waals surface area contributed by atoms with Crippen molar-refractivity contribution < 1.29 is 9.59 Å². The van der Waals surface area contributed by atoms with Crippen LogP contribution in [-0.2, 0) is 16.8 Å². The van der Waals surface area contributed by atoms with Crippen LogP contribution in [0.5, 0.6) is 0 Å². The molecule has 158 valence electrons. The summed E-state index contributed by atoms with van der Waals surface area (Å²) in [5.41, 5.74) is 4.18. The molecule has 31 heavy (non-hydrogen) atoms. The van der Waals surface area contributed by atoms with E-state index < -0.39 is 0 Å². The van der Waals surface area contributed by atoms with Crippen LogP contribution in [0.15, 0.2) is 84.9 Å². The van der Waals surface area contributed by atoms with E-state index in [1.165, 1.54) is 11.6 Å². The summed E-state index contributed by atoms with van der Waals surface area (Å²) in [7, 11) is 0. The minimum Gasteiger partial charge on any atom is -0.348 e. The lowest BCUT2D eigenvalue weighted by atomic mass is 9.87. The Balaban J connectivity index is 1.63. The normalized spacial score (nSPS) is 11.3. The lowest BCUT2D eigenvalue weighted by Crippen LogP contribution is -2.24. The Hall–Kier alpha value is -3.66. The SMILES string of the molecule is CC(C)(C)c1ccc(/C=C/C(=O)Nc2ccccc2C(=O)NCc2ccccc2)cc1. The van der Waals surface area contributed by atoms with Crippen LogP contribution < -0.4 is 10.6 Å². The fourth-order valence-electron chi connectivity index (χ4n) is 3.10. The van der Waals surface area contributed by atoms with Crippen molar-refractivity contribution in [3.63, 3.8) is 0 Å². The third-order valence-corrected chi connectivity index (χ3v) is 4.93. The number of carbonyl (C=O) groups excluding carboxylic acids is 2. The second-order valence-corrected chi connectivity index (χ2v) is 8.41. The van der Waals surface area contributed by atoms with Gasteiger partial charge in [-0.25, -0.2) is 0 Å². The number of hydrogen-bond donors (Lipinski definition) is 2. The highest BCUT2D eigenvalue weighted by Crippen LogP contribution is 2.22. The molecule has 3 aromatic rings. The Morgan fingerprint density at radius 1 is 0.839 bits per heavy atom. The van der Waals surface area contributed by atoms with Crippen LogP contribution in [0.2, 0.25) is 0 Å². The van der Waals surface area contributed by atoms with Crippen LogP contribution in [0.1, 0.15) is 47.8 Å². The number of para-hydroxylation sites is 1. The number of rotatable bonds is 6. The van der Waals surface area contributed by atoms with E-state index >= 15 is 0 Å². The molecule has 3 aromatic carbocycles. The molecule has 0 saturated heterocycles. The first-order valence-corrected chi connectivity index (χ1v) is 10.3. The Morgan fingerprint density at radius 2 is 1.48 bits per heavy atom. The molecular weight excluding hydrogens is 384 g/mol. The van der Waals surface area contributed by atoms with Crippen LogP contribution >= 0.6 is 0 Å². The minimum absolute atomic E-state index is 0.0877. The molecule has 4 heteroatoms. The maximum Gasteiger partial charge on any atom is 0.253 e. The molecule has 0 saturated carbocycles. The van der Waals surface area contributed by atoms with E-state index in [0.29, 0.717) is 17.8 Å². The maximum absolute atomic E-state index is 12.6. The summed E-state index contributed by atoms with van der Waals surface area (Å²) in [6.45, 7) is 6.92. The van der Waals surface area contributed by atoms with Crippen LogP contribution in [-0.4, -0.2) is 11.8 Å². The average molecular weight is 413 g/mol. The molecule has 3 rings (SSSR count). The van der Waals surface area contributed by atoms with Crippen molar-refractivity contribution in [2.24, 2.45) is 0 Å². The molecule has 0 aliphatic heterocycles. The van der Waals surface area contributed by atoms with Crippen LogP contribution in [0, 0.1) is 0 Å². The van der Waals surface area contributed by atoms with Gasteiger partial charge in [0.05, 0.1) is 11.3 Å². The largest absolute Gasteiger partial charge is 0.348 e. The van der Waals surface area contributed by atoms with Gasteiger partial charge in [-0.3, -0.25) is 9.59 Å². The van der Waals surface area contributed by atoms with Crippen molar-refractivity contribution in [2.75, 3.05) is 5.32 Å². The number of anilines is 1. The second-order valence-electron chi connectivity index (χ2n) is 8.41. The van der Waals surface area contributed by atoms with Crippen molar-refractivity contribution in [1.82, 2.24) is 5.32 Å². The molecule has 0 bridgehead atoms. The highest BCUT2D eigenvalue weighted by Gasteiger charge is 2.13. The van der Waals surface area contributed by atoms with E-state index in [1.54, 1.807) is 30.3 Å². The highest BCUT2D eigenvalue weighted by molar-refractivity contribution is 6.07. The van der Waals surface area contributed by atoms with E-state index in [-0.39, 0.29) is 17.2 Å². The minimum atomic E-state index is -0.289. The molecule has 0 aromatic heterocycles. The number of amides is 2. The molecule has 2 N–H and O–H groups in total. The van der Waals surface area contributed by atoms with Crippen LogP contribution in [0.4, 0.5) is 5.69 Å². The van der Waals surface area contributed by atoms with Crippen molar-refractivity contribution in [3.05, 3.63) is 107 Å². The van der Waals surface area contributed by atoms with Gasteiger partial charge in [-0.2, -0.15) is 0 Å². The van der Waals surface area contributed by atoms with Crippen LogP contribution in [0.3, 0.4) is 0 Å². The van der Waals surface area contributed by atoms with Gasteiger partial charge in [0.1, 0.15) is 0 Å². The third-order valence-electron chi connectivity index (χ3n) is 4.93. The van der Waals surface area contributed by atoms with E-state index in [4.69, 9.17) is 0 Å². The van der Waals surface area contributed by atoms with Crippen molar-refractivity contribution >= 4 is 23.6 Å². The predicted molar refractivity (Wildman–Crippen MR) is 127 cm³/mol. The molecule has 0 fully saturated rings. The van der Waals surface area contributed by atoms with Crippen molar-refractivity contribution in [3.8, 4) is 0 Å². The van der Waals surface area contributed by atoms with Gasteiger partial charge in [0.2, 0.25) is 5.91 Å². The summed E-state index contributed by atoms with van der Waals surface area (Å²) in [6.07, 6.45) is 3.24. The average Bonchev–Trinajstić information content (AvgIpc) is 2.77. The summed E-state index contributed by atoms with van der Waals surface area (Å²) in [5.74, 6) is -0.523. The molecule has 0 atom stereocenters. The first-order valence-electron chi connectivity index (χ1n) is 10.3. The number of benzene rings is 3. The smallest absolute Gasteiger partial charge is 0.253 e. The van der Waals surface area contributed by atoms with Gasteiger partial charge in [-0.15, -0.1) is 0 Å². The first-order chi connectivity index (χ1) is 14.8. The van der Waals surface area contributed by atoms with Gasteiger partial charge in [-0.05, 0) is 40.3 Å². The quantitative estimate of drug-likeness (QED) is 0.520. The fourth-order valence-corrected chi connectivity index (χ4v) is 3.10. The van der Waals surface area contributed by atoms with E-state index in [1.807, 2.05) is 42.5 Å². The number of nitrogens with one attached hydrogen (secondary N) is 2. The van der Waals surface area contributed by atoms with Gasteiger partial charge in [0.15, 0.2) is 0 Å². The van der Waals surface area contributed by atoms with Gasteiger partial charge in [-0.1, -0.05) is 87.5 Å². The number of carbonyl (C=O) groups is 2. The van der Waals surface area contributed by atoms with E-state index in [2.05, 4.69) is 43.5 Å². The molecule has 4 nitrogen and oxygen atoms in total. The molecular formula is C27H28N2O2. The van der Waals surface area contributed by atoms with E-state index in [9.17, 15) is 9.59 Å². The standard InChI is InChI=1S/C27H28N2O2/c1-27(2,3)22-16-13-20(14-17-22)15-18-25(30)29-24-12-8-7-11-23(24)26(31)28-19-21-9-5-4-6-10-21/h4-18H,19H2,1-3H3,(H,28,31)(H,29,30)/b18-15+. The third kappa shape index (κ3) is 6.41. The molecule has 0 aliphatic rings. The van der Waals surface area contributed by atoms with E-state index in [0.717, 1.165) is 11.1 Å². The number of hydrogen-bond acceptors (Lipinski definition) is 2. The summed E-state index contributed by atoms with van der Waals surface area (Å²) in [6, 6.07) is 24.8. The zero-order chi connectivity index (χ0) is 22.3. The summed E-state index contributed by atoms with van der Waals surface area (Å²) in [4.78, 5) is 25.1. The summed E-state index contributed by atoms with van der Waals surface area (Å²) in [5, 5.41) is 5.70. The molecule has 2 amide bonds. The van der Waals surface area contributed by atoms with Gasteiger partial charge in [0, 0.05) is 12.6 Å². The van der Waals surface area contributed by atoms with Crippen LogP contribution in [0.25, 0.3) is 6.08 Å². The topological polar surface area (TPSA) is 58.2 Å². The molecule has 0 heterocycles. The Kier molecular flexibility index (Phi) is 7.03. The zero-order valence-electron chi connectivity index (χ0n) is 18.2. The lowest BCUT2D eigenvalue weighted by Gasteiger charge is -2.18. The molecule has 0 spiro atoms. The highest BCUT2D eigenvalue weighted by atomic mass is 16.2. The summed E-state index contributed by atoms with van der Waals surface area (Å²) < 4.78 is 0. The molecule has 0 aliphatic carbocycles. The van der Waals surface area contributed by atoms with Gasteiger partial charge < -0.3 is 10.6 Å². The predicted octanol–water partition coefficient (Wildman–Crippen LogP) is 5.57. The fraction of sp³-hybridized carbons (Fsp3) is 0.185. The molecule has 0 radical (unpaired) electrons. The first kappa shape index (κ1) is 22.0. The Morgan fingerprint density at radius 3 is 2.16 bits per heavy atom. The second kappa shape index (κ2) is 9.90. The van der Waals surface area contributed by atoms with Gasteiger partial charge >= 0.3 is 0 Å². The van der Waals surface area contributed by atoms with Gasteiger partial charge in [0.25, 0.3) is 5.91 Å². The Labute approximate surface area is 184 Å². The zero-order valence-corrected chi connectivity index (χ0v) is 18.2. The van der Waals surface area contributed by atoms with Crippen molar-refractivity contribution in [2.45, 2.75) is 32.7 Å². The molecule has 0 unspecified atom stereocenters. The summed E-state index contributed by atoms with van der Waals surface area (Å²) >= 11 is 0. The maximum atomic E-state index is 12.6. The lowest BCUT2D eigenvalue weighted by molar-refractivity contribution is -0.111.